The number of amides is 1. The Balaban J connectivity index is 2.83. The molecule has 0 saturated heterocycles. The lowest BCUT2D eigenvalue weighted by molar-refractivity contribution is 0.0911. The third-order valence-corrected chi connectivity index (χ3v) is 3.24. The maximum Gasteiger partial charge on any atom is 0.251 e. The fraction of sp³-hybridized carbons (Fsp3) is 0.462. The van der Waals surface area contributed by atoms with E-state index in [4.69, 9.17) is 11.6 Å². The number of hydrogen-bond donors (Lipinski definition) is 1. The Morgan fingerprint density at radius 1 is 1.47 bits per heavy atom. The van der Waals surface area contributed by atoms with Crippen molar-refractivity contribution < 1.29 is 4.79 Å². The first-order chi connectivity index (χ1) is 7.85. The van der Waals surface area contributed by atoms with E-state index in [1.165, 1.54) is 0 Å². The van der Waals surface area contributed by atoms with E-state index in [1.54, 1.807) is 18.2 Å². The molecule has 0 aliphatic carbocycles. The lowest BCUT2D eigenvalue weighted by Gasteiger charge is -2.25. The van der Waals surface area contributed by atoms with Crippen molar-refractivity contribution >= 4 is 33.4 Å². The molecule has 17 heavy (non-hydrogen) atoms. The van der Waals surface area contributed by atoms with Crippen LogP contribution in [0.3, 0.4) is 0 Å². The molecule has 0 atom stereocenters. The monoisotopic (exact) mass is 317 g/mol. The molecule has 0 heterocycles. The number of benzene rings is 1. The SMILES string of the molecule is Cc1cc(Cl)ccc1C(=O)NC(C)(C)CCBr. The molecule has 0 unspecified atom stereocenters. The van der Waals surface area contributed by atoms with Gasteiger partial charge in [-0.15, -0.1) is 0 Å². The van der Waals surface area contributed by atoms with Crippen molar-refractivity contribution in [2.75, 3.05) is 5.33 Å². The predicted octanol–water partition coefficient (Wildman–Crippen LogP) is 3.94. The van der Waals surface area contributed by atoms with Crippen LogP contribution in [0, 0.1) is 6.92 Å². The highest BCUT2D eigenvalue weighted by atomic mass is 79.9. The summed E-state index contributed by atoms with van der Waals surface area (Å²) in [6.07, 6.45) is 0.880. The van der Waals surface area contributed by atoms with Gasteiger partial charge in [-0.05, 0) is 51.0 Å². The van der Waals surface area contributed by atoms with E-state index in [-0.39, 0.29) is 11.4 Å². The standard InChI is InChI=1S/C13H17BrClNO/c1-9-8-10(15)4-5-11(9)12(17)16-13(2,3)6-7-14/h4-5,8H,6-7H2,1-3H3,(H,16,17). The van der Waals surface area contributed by atoms with Crippen LogP contribution in [0.15, 0.2) is 18.2 Å². The molecule has 94 valence electrons. The Labute approximate surface area is 116 Å². The van der Waals surface area contributed by atoms with Crippen molar-refractivity contribution in [3.05, 3.63) is 34.3 Å². The van der Waals surface area contributed by atoms with Crippen molar-refractivity contribution in [2.24, 2.45) is 0 Å². The van der Waals surface area contributed by atoms with Gasteiger partial charge < -0.3 is 5.32 Å². The van der Waals surface area contributed by atoms with Crippen molar-refractivity contribution in [2.45, 2.75) is 32.7 Å². The molecule has 1 aromatic rings. The molecule has 1 rings (SSSR count). The number of nitrogens with one attached hydrogen (secondary N) is 1. The first-order valence-corrected chi connectivity index (χ1v) is 7.00. The fourth-order valence-electron chi connectivity index (χ4n) is 1.56. The Morgan fingerprint density at radius 3 is 2.65 bits per heavy atom. The van der Waals surface area contributed by atoms with Gasteiger partial charge in [0.15, 0.2) is 0 Å². The highest BCUT2D eigenvalue weighted by molar-refractivity contribution is 9.09. The topological polar surface area (TPSA) is 29.1 Å². The van der Waals surface area contributed by atoms with Crippen LogP contribution in [0.2, 0.25) is 5.02 Å². The van der Waals surface area contributed by atoms with Gasteiger partial charge in [0.1, 0.15) is 0 Å². The van der Waals surface area contributed by atoms with Gasteiger partial charge in [0.05, 0.1) is 0 Å². The summed E-state index contributed by atoms with van der Waals surface area (Å²) in [6, 6.07) is 5.30. The number of hydrogen-bond acceptors (Lipinski definition) is 1. The van der Waals surface area contributed by atoms with Crippen LogP contribution in [0.5, 0.6) is 0 Å². The van der Waals surface area contributed by atoms with Crippen LogP contribution in [-0.2, 0) is 0 Å². The number of carbonyl (C=O) groups is 1. The molecular formula is C13H17BrClNO. The molecule has 0 saturated carbocycles. The Morgan fingerprint density at radius 2 is 2.12 bits per heavy atom. The van der Waals surface area contributed by atoms with Gasteiger partial charge in [-0.1, -0.05) is 27.5 Å². The van der Waals surface area contributed by atoms with Crippen LogP contribution < -0.4 is 5.32 Å². The maximum atomic E-state index is 12.1. The summed E-state index contributed by atoms with van der Waals surface area (Å²) in [5.41, 5.74) is 1.36. The third-order valence-electron chi connectivity index (χ3n) is 2.60. The lowest BCUT2D eigenvalue weighted by Crippen LogP contribution is -2.43. The zero-order valence-corrected chi connectivity index (χ0v) is 12.7. The number of carbonyl (C=O) groups excluding carboxylic acids is 1. The summed E-state index contributed by atoms with van der Waals surface area (Å²) < 4.78 is 0. The third kappa shape index (κ3) is 4.32. The molecule has 0 aliphatic heterocycles. The Hall–Kier alpha value is -0.540. The molecule has 1 aromatic carbocycles. The molecule has 1 amide bonds. The van der Waals surface area contributed by atoms with Gasteiger partial charge in [-0.25, -0.2) is 0 Å². The Bertz CT molecular complexity index is 418. The second-order valence-electron chi connectivity index (χ2n) is 4.74. The van der Waals surface area contributed by atoms with Crippen LogP contribution in [0.1, 0.15) is 36.2 Å². The van der Waals surface area contributed by atoms with E-state index in [2.05, 4.69) is 21.2 Å². The van der Waals surface area contributed by atoms with E-state index in [0.717, 1.165) is 17.3 Å². The highest BCUT2D eigenvalue weighted by Gasteiger charge is 2.21. The Kier molecular flexibility index (Phi) is 5.02. The van der Waals surface area contributed by atoms with Gasteiger partial charge in [0, 0.05) is 21.5 Å². The van der Waals surface area contributed by atoms with E-state index >= 15 is 0 Å². The molecule has 0 spiro atoms. The van der Waals surface area contributed by atoms with Crippen LogP contribution in [0.4, 0.5) is 0 Å². The molecule has 0 bridgehead atoms. The van der Waals surface area contributed by atoms with E-state index in [1.807, 2.05) is 20.8 Å². The van der Waals surface area contributed by atoms with E-state index in [0.29, 0.717) is 10.6 Å². The quantitative estimate of drug-likeness (QED) is 0.837. The van der Waals surface area contributed by atoms with E-state index < -0.39 is 0 Å². The lowest BCUT2D eigenvalue weighted by atomic mass is 10.0. The molecule has 4 heteroatoms. The molecule has 0 radical (unpaired) electrons. The number of aryl methyl sites for hydroxylation is 1. The number of rotatable bonds is 4. The molecular weight excluding hydrogens is 302 g/mol. The maximum absolute atomic E-state index is 12.1. The first kappa shape index (κ1) is 14.5. The minimum Gasteiger partial charge on any atom is -0.347 e. The van der Waals surface area contributed by atoms with Crippen LogP contribution in [0.25, 0.3) is 0 Å². The first-order valence-electron chi connectivity index (χ1n) is 5.50. The summed E-state index contributed by atoms with van der Waals surface area (Å²) in [5.74, 6) is -0.0508. The summed E-state index contributed by atoms with van der Waals surface area (Å²) in [6.45, 7) is 5.91. The molecule has 2 nitrogen and oxygen atoms in total. The van der Waals surface area contributed by atoms with Crippen molar-refractivity contribution in [3.63, 3.8) is 0 Å². The molecule has 0 fully saturated rings. The zero-order valence-electron chi connectivity index (χ0n) is 10.3. The minimum atomic E-state index is -0.216. The van der Waals surface area contributed by atoms with Crippen molar-refractivity contribution in [3.8, 4) is 0 Å². The van der Waals surface area contributed by atoms with Crippen LogP contribution in [-0.4, -0.2) is 16.8 Å². The summed E-state index contributed by atoms with van der Waals surface area (Å²) in [5, 5.41) is 4.53. The molecule has 0 aromatic heterocycles. The average molecular weight is 319 g/mol. The van der Waals surface area contributed by atoms with Crippen molar-refractivity contribution in [1.29, 1.82) is 0 Å². The van der Waals surface area contributed by atoms with Gasteiger partial charge in [0.2, 0.25) is 0 Å². The smallest absolute Gasteiger partial charge is 0.251 e. The number of alkyl halides is 1. The second kappa shape index (κ2) is 5.87. The largest absolute Gasteiger partial charge is 0.347 e. The van der Waals surface area contributed by atoms with Gasteiger partial charge in [0.25, 0.3) is 5.91 Å². The summed E-state index contributed by atoms with van der Waals surface area (Å²) in [7, 11) is 0. The molecule has 0 aliphatic rings. The van der Waals surface area contributed by atoms with Gasteiger partial charge in [-0.2, -0.15) is 0 Å². The summed E-state index contributed by atoms with van der Waals surface area (Å²) in [4.78, 5) is 12.1. The normalized spacial score (nSPS) is 11.4. The molecule has 1 N–H and O–H groups in total. The van der Waals surface area contributed by atoms with Crippen molar-refractivity contribution in [1.82, 2.24) is 5.32 Å². The van der Waals surface area contributed by atoms with Crippen LogP contribution >= 0.6 is 27.5 Å². The highest BCUT2D eigenvalue weighted by Crippen LogP contribution is 2.17. The number of halogens is 2. The van der Waals surface area contributed by atoms with E-state index in [9.17, 15) is 4.79 Å². The van der Waals surface area contributed by atoms with Gasteiger partial charge >= 0.3 is 0 Å². The average Bonchev–Trinajstić information content (AvgIpc) is 2.15. The fourth-order valence-corrected chi connectivity index (χ4v) is 2.77. The van der Waals surface area contributed by atoms with Gasteiger partial charge in [-0.3, -0.25) is 4.79 Å². The zero-order chi connectivity index (χ0) is 13.1. The second-order valence-corrected chi connectivity index (χ2v) is 5.97. The minimum absolute atomic E-state index is 0.0508. The predicted molar refractivity (Wildman–Crippen MR) is 76.1 cm³/mol. The summed E-state index contributed by atoms with van der Waals surface area (Å²) >= 11 is 9.25.